The molecule has 1 atom stereocenters. The van der Waals surface area contributed by atoms with Crippen LogP contribution < -0.4 is 10.6 Å². The molecule has 1 aromatic carbocycles. The monoisotopic (exact) mass is 290 g/mol. The minimum Gasteiger partial charge on any atom is -0.360 e. The van der Waals surface area contributed by atoms with Crippen LogP contribution in [-0.4, -0.2) is 22.6 Å². The van der Waals surface area contributed by atoms with E-state index in [1.54, 1.807) is 0 Å². The molecule has 1 unspecified atom stereocenters. The minimum absolute atomic E-state index is 0.00446. The summed E-state index contributed by atoms with van der Waals surface area (Å²) in [6.07, 6.45) is 0.828. The van der Waals surface area contributed by atoms with E-state index in [2.05, 4.69) is 20.8 Å². The van der Waals surface area contributed by atoms with E-state index < -0.39 is 0 Å². The Bertz CT molecular complexity index is 555. The molecule has 0 aliphatic carbocycles. The van der Waals surface area contributed by atoms with E-state index in [-0.39, 0.29) is 11.9 Å². The zero-order chi connectivity index (χ0) is 14.4. The number of amides is 1. The number of rotatable bonds is 6. The van der Waals surface area contributed by atoms with Gasteiger partial charge in [0.15, 0.2) is 0 Å². The summed E-state index contributed by atoms with van der Waals surface area (Å²) in [5.41, 5.74) is 1.10. The van der Waals surface area contributed by atoms with Gasteiger partial charge in [0.25, 0.3) is 5.91 Å². The minimum atomic E-state index is -0.178. The molecule has 1 amide bonds. The normalized spacial score (nSPS) is 11.9. The van der Waals surface area contributed by atoms with E-state index in [4.69, 9.17) is 0 Å². The van der Waals surface area contributed by atoms with Crippen molar-refractivity contribution in [2.45, 2.75) is 26.3 Å². The van der Waals surface area contributed by atoms with Gasteiger partial charge in [-0.05, 0) is 18.9 Å². The summed E-state index contributed by atoms with van der Waals surface area (Å²) in [7, 11) is 0. The molecule has 0 spiro atoms. The third kappa shape index (κ3) is 3.54. The maximum Gasteiger partial charge on any atom is 0.282 e. The lowest BCUT2D eigenvalue weighted by Gasteiger charge is -2.16. The highest BCUT2D eigenvalue weighted by atomic mass is 32.1. The van der Waals surface area contributed by atoms with Crippen molar-refractivity contribution in [3.63, 3.8) is 0 Å². The van der Waals surface area contributed by atoms with Crippen molar-refractivity contribution in [3.05, 3.63) is 40.9 Å². The predicted molar refractivity (Wildman–Crippen MR) is 81.0 cm³/mol. The summed E-state index contributed by atoms with van der Waals surface area (Å²) in [4.78, 5) is 12.2. The van der Waals surface area contributed by atoms with Crippen molar-refractivity contribution < 1.29 is 4.79 Å². The van der Waals surface area contributed by atoms with E-state index in [1.807, 2.05) is 44.2 Å². The van der Waals surface area contributed by atoms with E-state index in [0.29, 0.717) is 10.1 Å². The maximum atomic E-state index is 12.2. The Labute approximate surface area is 122 Å². The number of aromatic nitrogens is 2. The zero-order valence-electron chi connectivity index (χ0n) is 11.6. The number of benzene rings is 1. The van der Waals surface area contributed by atoms with E-state index in [1.165, 1.54) is 11.3 Å². The van der Waals surface area contributed by atoms with Crippen LogP contribution in [0.3, 0.4) is 0 Å². The molecule has 6 heteroatoms. The van der Waals surface area contributed by atoms with Crippen LogP contribution in [0.25, 0.3) is 0 Å². The molecular weight excluding hydrogens is 272 g/mol. The molecule has 0 bridgehead atoms. The number of nitrogens with zero attached hydrogens (tertiary/aromatic N) is 2. The molecule has 1 aromatic heterocycles. The van der Waals surface area contributed by atoms with Crippen LogP contribution in [0.5, 0.6) is 0 Å². The third-order valence-electron chi connectivity index (χ3n) is 2.86. The average Bonchev–Trinajstić information content (AvgIpc) is 2.94. The van der Waals surface area contributed by atoms with Gasteiger partial charge < -0.3 is 10.6 Å². The molecule has 0 aliphatic rings. The van der Waals surface area contributed by atoms with Crippen LogP contribution in [0.15, 0.2) is 30.3 Å². The average molecular weight is 290 g/mol. The Hall–Kier alpha value is -1.95. The van der Waals surface area contributed by atoms with Gasteiger partial charge in [-0.1, -0.05) is 48.6 Å². The summed E-state index contributed by atoms with van der Waals surface area (Å²) >= 11 is 1.27. The lowest BCUT2D eigenvalue weighted by molar-refractivity contribution is 0.0934. The van der Waals surface area contributed by atoms with Crippen molar-refractivity contribution in [1.29, 1.82) is 0 Å². The van der Waals surface area contributed by atoms with Gasteiger partial charge in [0, 0.05) is 6.54 Å². The molecule has 1 heterocycles. The molecular formula is C14H18N4OS. The Morgan fingerprint density at radius 3 is 2.65 bits per heavy atom. The first-order chi connectivity index (χ1) is 9.74. The second kappa shape index (κ2) is 7.00. The first-order valence-corrected chi connectivity index (χ1v) is 7.49. The fourth-order valence-corrected chi connectivity index (χ4v) is 2.58. The lowest BCUT2D eigenvalue weighted by atomic mass is 10.0. The predicted octanol–water partition coefficient (Wildman–Crippen LogP) is 2.85. The maximum absolute atomic E-state index is 12.2. The van der Waals surface area contributed by atoms with Gasteiger partial charge in [-0.3, -0.25) is 4.79 Å². The fraction of sp³-hybridized carbons (Fsp3) is 0.357. The van der Waals surface area contributed by atoms with E-state index in [0.717, 1.165) is 18.5 Å². The van der Waals surface area contributed by atoms with Gasteiger partial charge in [0.1, 0.15) is 0 Å². The van der Waals surface area contributed by atoms with Crippen LogP contribution in [0.4, 0.5) is 5.13 Å². The van der Waals surface area contributed by atoms with Crippen molar-refractivity contribution in [1.82, 2.24) is 15.5 Å². The van der Waals surface area contributed by atoms with Gasteiger partial charge in [-0.25, -0.2) is 0 Å². The molecule has 2 rings (SSSR count). The molecule has 0 aliphatic heterocycles. The lowest BCUT2D eigenvalue weighted by Crippen LogP contribution is -2.28. The van der Waals surface area contributed by atoms with E-state index >= 15 is 0 Å². The largest absolute Gasteiger partial charge is 0.360 e. The second-order valence-electron chi connectivity index (χ2n) is 4.29. The molecule has 106 valence electrons. The van der Waals surface area contributed by atoms with Crippen molar-refractivity contribution in [3.8, 4) is 0 Å². The number of hydrogen-bond donors (Lipinski definition) is 2. The first kappa shape index (κ1) is 14.5. The molecule has 2 N–H and O–H groups in total. The molecule has 0 fully saturated rings. The van der Waals surface area contributed by atoms with Crippen molar-refractivity contribution >= 4 is 22.4 Å². The highest BCUT2D eigenvalue weighted by Crippen LogP contribution is 2.19. The fourth-order valence-electron chi connectivity index (χ4n) is 1.86. The second-order valence-corrected chi connectivity index (χ2v) is 5.27. The van der Waals surface area contributed by atoms with Gasteiger partial charge in [0.2, 0.25) is 10.1 Å². The third-order valence-corrected chi connectivity index (χ3v) is 3.74. The number of hydrogen-bond acceptors (Lipinski definition) is 5. The zero-order valence-corrected chi connectivity index (χ0v) is 12.4. The van der Waals surface area contributed by atoms with Gasteiger partial charge in [-0.15, -0.1) is 10.2 Å². The molecule has 20 heavy (non-hydrogen) atoms. The molecule has 0 saturated heterocycles. The van der Waals surface area contributed by atoms with Crippen molar-refractivity contribution in [2.75, 3.05) is 11.9 Å². The van der Waals surface area contributed by atoms with Crippen LogP contribution >= 0.6 is 11.3 Å². The molecule has 0 radical (unpaired) electrons. The van der Waals surface area contributed by atoms with Gasteiger partial charge >= 0.3 is 0 Å². The Kier molecular flexibility index (Phi) is 5.06. The number of carbonyl (C=O) groups excluding carboxylic acids is 1. The van der Waals surface area contributed by atoms with Crippen LogP contribution in [-0.2, 0) is 0 Å². The Balaban J connectivity index is 2.05. The Morgan fingerprint density at radius 1 is 1.25 bits per heavy atom. The summed E-state index contributed by atoms with van der Waals surface area (Å²) in [5, 5.41) is 14.9. The SMILES string of the molecule is CCNc1nnc(C(=O)NC(CC)c2ccccc2)s1. The topological polar surface area (TPSA) is 66.9 Å². The van der Waals surface area contributed by atoms with Crippen LogP contribution in [0.1, 0.15) is 41.7 Å². The first-order valence-electron chi connectivity index (χ1n) is 6.67. The number of carbonyl (C=O) groups is 1. The van der Waals surface area contributed by atoms with Crippen LogP contribution in [0, 0.1) is 0 Å². The van der Waals surface area contributed by atoms with Crippen molar-refractivity contribution in [2.24, 2.45) is 0 Å². The molecule has 5 nitrogen and oxygen atoms in total. The highest BCUT2D eigenvalue weighted by molar-refractivity contribution is 7.17. The molecule has 2 aromatic rings. The summed E-state index contributed by atoms with van der Waals surface area (Å²) < 4.78 is 0. The van der Waals surface area contributed by atoms with Gasteiger partial charge in [0.05, 0.1) is 6.04 Å². The summed E-state index contributed by atoms with van der Waals surface area (Å²) in [6.45, 7) is 4.78. The molecule has 0 saturated carbocycles. The summed E-state index contributed by atoms with van der Waals surface area (Å²) in [6, 6.07) is 9.93. The number of anilines is 1. The smallest absolute Gasteiger partial charge is 0.282 e. The highest BCUT2D eigenvalue weighted by Gasteiger charge is 2.17. The quantitative estimate of drug-likeness (QED) is 0.858. The summed E-state index contributed by atoms with van der Waals surface area (Å²) in [5.74, 6) is -0.178. The standard InChI is InChI=1S/C14H18N4OS/c1-3-11(10-8-6-5-7-9-10)16-12(19)13-17-18-14(20-13)15-4-2/h5-9,11H,3-4H2,1-2H3,(H,15,18)(H,16,19). The Morgan fingerprint density at radius 2 is 2.00 bits per heavy atom. The van der Waals surface area contributed by atoms with Gasteiger partial charge in [-0.2, -0.15) is 0 Å². The number of nitrogens with one attached hydrogen (secondary N) is 2. The van der Waals surface area contributed by atoms with E-state index in [9.17, 15) is 4.79 Å². The van der Waals surface area contributed by atoms with Crippen LogP contribution in [0.2, 0.25) is 0 Å².